The van der Waals surface area contributed by atoms with Crippen molar-refractivity contribution in [2.45, 2.75) is 26.2 Å². The fourth-order valence-corrected chi connectivity index (χ4v) is 3.33. The van der Waals surface area contributed by atoms with Crippen molar-refractivity contribution in [1.82, 2.24) is 20.4 Å². The third-order valence-electron chi connectivity index (χ3n) is 5.19. The van der Waals surface area contributed by atoms with Crippen LogP contribution in [-0.2, 0) is 6.42 Å². The number of guanidine groups is 1. The van der Waals surface area contributed by atoms with Crippen molar-refractivity contribution < 1.29 is 4.74 Å². The normalized spacial score (nSPS) is 15.8. The van der Waals surface area contributed by atoms with Gasteiger partial charge in [-0.15, -0.1) is 24.0 Å². The Bertz CT molecular complexity index is 544. The number of ether oxygens (including phenoxy) is 1. The molecule has 0 bridgehead atoms. The van der Waals surface area contributed by atoms with Crippen LogP contribution in [0.1, 0.15) is 25.3 Å². The van der Waals surface area contributed by atoms with E-state index in [1.165, 1.54) is 57.7 Å². The zero-order valence-electron chi connectivity index (χ0n) is 17.7. The van der Waals surface area contributed by atoms with Crippen molar-refractivity contribution in [3.8, 4) is 5.75 Å². The molecule has 2 rings (SSSR count). The van der Waals surface area contributed by atoms with E-state index in [1.54, 1.807) is 7.11 Å². The lowest BCUT2D eigenvalue weighted by Gasteiger charge is -2.34. The van der Waals surface area contributed by atoms with Gasteiger partial charge >= 0.3 is 0 Å². The van der Waals surface area contributed by atoms with Crippen molar-refractivity contribution >= 4 is 29.9 Å². The summed E-state index contributed by atoms with van der Waals surface area (Å²) in [7, 11) is 3.52. The van der Waals surface area contributed by atoms with E-state index in [0.717, 1.165) is 31.2 Å². The van der Waals surface area contributed by atoms with Crippen molar-refractivity contribution in [1.29, 1.82) is 0 Å². The third kappa shape index (κ3) is 9.43. The molecule has 0 radical (unpaired) electrons. The summed E-state index contributed by atoms with van der Waals surface area (Å²) in [5.41, 5.74) is 1.29. The highest BCUT2D eigenvalue weighted by Gasteiger charge is 2.14. The lowest BCUT2D eigenvalue weighted by molar-refractivity contribution is 0.136. The number of nitrogens with zero attached hydrogens (tertiary/aromatic N) is 3. The van der Waals surface area contributed by atoms with Gasteiger partial charge in [0.25, 0.3) is 0 Å². The highest BCUT2D eigenvalue weighted by molar-refractivity contribution is 14.0. The number of aliphatic imine (C=N–C) groups is 1. The summed E-state index contributed by atoms with van der Waals surface area (Å²) < 4.78 is 5.19. The minimum atomic E-state index is 0. The van der Waals surface area contributed by atoms with Crippen LogP contribution in [0.3, 0.4) is 0 Å². The van der Waals surface area contributed by atoms with E-state index in [-0.39, 0.29) is 24.0 Å². The smallest absolute Gasteiger partial charge is 0.190 e. The Labute approximate surface area is 188 Å². The maximum Gasteiger partial charge on any atom is 0.190 e. The summed E-state index contributed by atoms with van der Waals surface area (Å²) in [6.45, 7) is 11.4. The first-order valence-electron chi connectivity index (χ1n) is 10.3. The van der Waals surface area contributed by atoms with E-state index >= 15 is 0 Å². The second-order valence-corrected chi connectivity index (χ2v) is 7.01. The van der Waals surface area contributed by atoms with Gasteiger partial charge in [-0.1, -0.05) is 19.1 Å². The van der Waals surface area contributed by atoms with Gasteiger partial charge in [-0.05, 0) is 50.0 Å². The van der Waals surface area contributed by atoms with Crippen LogP contribution < -0.4 is 15.4 Å². The number of hydrogen-bond acceptors (Lipinski definition) is 4. The van der Waals surface area contributed by atoms with Crippen LogP contribution in [-0.4, -0.2) is 82.3 Å². The van der Waals surface area contributed by atoms with E-state index in [4.69, 9.17) is 4.74 Å². The summed E-state index contributed by atoms with van der Waals surface area (Å²) in [5.74, 6) is 1.79. The molecule has 0 spiro atoms. The molecule has 1 saturated heterocycles. The van der Waals surface area contributed by atoms with E-state index in [2.05, 4.69) is 44.5 Å². The number of nitrogens with one attached hydrogen (secondary N) is 2. The van der Waals surface area contributed by atoms with Gasteiger partial charge in [0, 0.05) is 46.3 Å². The molecule has 0 unspecified atom stereocenters. The molecule has 1 aliphatic rings. The summed E-state index contributed by atoms with van der Waals surface area (Å²) in [5, 5.41) is 6.81. The van der Waals surface area contributed by atoms with E-state index in [1.807, 2.05) is 19.2 Å². The van der Waals surface area contributed by atoms with Gasteiger partial charge < -0.3 is 25.2 Å². The predicted molar refractivity (Wildman–Crippen MR) is 129 cm³/mol. The standard InChI is InChI=1S/C21H37N5O.HI/c1-4-25-15-17-26(18-16-25)14-6-5-12-23-21(22-2)24-13-11-19-7-9-20(27-3)10-8-19;/h7-10H,4-6,11-18H2,1-3H3,(H2,22,23,24);1H. The number of piperazine rings is 1. The number of methoxy groups -OCH3 is 1. The first kappa shape index (κ1) is 25.0. The molecule has 1 aliphatic heterocycles. The van der Waals surface area contributed by atoms with Gasteiger partial charge in [0.1, 0.15) is 5.75 Å². The second kappa shape index (κ2) is 14.9. The monoisotopic (exact) mass is 503 g/mol. The molecule has 0 saturated carbocycles. The van der Waals surface area contributed by atoms with Crippen LogP contribution in [0.2, 0.25) is 0 Å². The maximum absolute atomic E-state index is 5.19. The lowest BCUT2D eigenvalue weighted by Crippen LogP contribution is -2.46. The van der Waals surface area contributed by atoms with Crippen molar-refractivity contribution in [2.75, 3.05) is 66.5 Å². The average molecular weight is 503 g/mol. The first-order valence-corrected chi connectivity index (χ1v) is 10.3. The molecule has 0 aromatic heterocycles. The summed E-state index contributed by atoms with van der Waals surface area (Å²) in [6, 6.07) is 8.23. The van der Waals surface area contributed by atoms with E-state index in [9.17, 15) is 0 Å². The molecular weight excluding hydrogens is 465 g/mol. The minimum absolute atomic E-state index is 0. The average Bonchev–Trinajstić information content (AvgIpc) is 2.73. The SMILES string of the molecule is CCN1CCN(CCCCNC(=NC)NCCc2ccc(OC)cc2)CC1.I. The zero-order chi connectivity index (χ0) is 19.3. The number of halogens is 1. The molecule has 2 N–H and O–H groups in total. The van der Waals surface area contributed by atoms with Gasteiger partial charge in [0.15, 0.2) is 5.96 Å². The quantitative estimate of drug-likeness (QED) is 0.223. The van der Waals surface area contributed by atoms with Gasteiger partial charge in [-0.3, -0.25) is 4.99 Å². The molecule has 0 atom stereocenters. The fraction of sp³-hybridized carbons (Fsp3) is 0.667. The number of likely N-dealkylation sites (N-methyl/N-ethyl adjacent to an activating group) is 1. The van der Waals surface area contributed by atoms with Crippen molar-refractivity contribution in [2.24, 2.45) is 4.99 Å². The molecule has 1 fully saturated rings. The number of unbranched alkanes of at least 4 members (excludes halogenated alkanes) is 1. The summed E-state index contributed by atoms with van der Waals surface area (Å²) >= 11 is 0. The largest absolute Gasteiger partial charge is 0.497 e. The van der Waals surface area contributed by atoms with E-state index < -0.39 is 0 Å². The molecule has 1 heterocycles. The zero-order valence-corrected chi connectivity index (χ0v) is 20.1. The predicted octanol–water partition coefficient (Wildman–Crippen LogP) is 2.44. The number of hydrogen-bond donors (Lipinski definition) is 2. The maximum atomic E-state index is 5.19. The van der Waals surface area contributed by atoms with Gasteiger partial charge in [0.05, 0.1) is 7.11 Å². The number of rotatable bonds is 10. The Balaban J connectivity index is 0.00000392. The molecule has 6 nitrogen and oxygen atoms in total. The highest BCUT2D eigenvalue weighted by atomic mass is 127. The molecule has 0 aliphatic carbocycles. The van der Waals surface area contributed by atoms with Crippen molar-refractivity contribution in [3.63, 3.8) is 0 Å². The van der Waals surface area contributed by atoms with Crippen LogP contribution in [0.15, 0.2) is 29.3 Å². The summed E-state index contributed by atoms with van der Waals surface area (Å²) in [4.78, 5) is 9.43. The van der Waals surface area contributed by atoms with Gasteiger partial charge in [0.2, 0.25) is 0 Å². The fourth-order valence-electron chi connectivity index (χ4n) is 3.33. The topological polar surface area (TPSA) is 52.1 Å². The molecule has 7 heteroatoms. The van der Waals surface area contributed by atoms with Crippen LogP contribution >= 0.6 is 24.0 Å². The minimum Gasteiger partial charge on any atom is -0.497 e. The van der Waals surface area contributed by atoms with Crippen LogP contribution in [0.25, 0.3) is 0 Å². The lowest BCUT2D eigenvalue weighted by atomic mass is 10.1. The molecule has 160 valence electrons. The molecular formula is C21H38IN5O. The first-order chi connectivity index (χ1) is 13.2. The molecule has 0 amide bonds. The van der Waals surface area contributed by atoms with Crippen LogP contribution in [0.4, 0.5) is 0 Å². The molecule has 1 aromatic rings. The van der Waals surface area contributed by atoms with Gasteiger partial charge in [-0.2, -0.15) is 0 Å². The Morgan fingerprint density at radius 1 is 1.00 bits per heavy atom. The summed E-state index contributed by atoms with van der Waals surface area (Å²) in [6.07, 6.45) is 3.38. The second-order valence-electron chi connectivity index (χ2n) is 7.01. The Kier molecular flexibility index (Phi) is 13.3. The number of benzene rings is 1. The van der Waals surface area contributed by atoms with Crippen LogP contribution in [0.5, 0.6) is 5.75 Å². The van der Waals surface area contributed by atoms with Gasteiger partial charge in [-0.25, -0.2) is 0 Å². The highest BCUT2D eigenvalue weighted by Crippen LogP contribution is 2.11. The third-order valence-corrected chi connectivity index (χ3v) is 5.19. The van der Waals surface area contributed by atoms with E-state index in [0.29, 0.717) is 0 Å². The Morgan fingerprint density at radius 2 is 1.64 bits per heavy atom. The Morgan fingerprint density at radius 3 is 2.25 bits per heavy atom. The van der Waals surface area contributed by atoms with Crippen LogP contribution in [0, 0.1) is 0 Å². The Hall–Kier alpha value is -1.06. The molecule has 1 aromatic carbocycles. The van der Waals surface area contributed by atoms with Crippen molar-refractivity contribution in [3.05, 3.63) is 29.8 Å². The molecule has 28 heavy (non-hydrogen) atoms.